The number of rotatable bonds is 4. The van der Waals surface area contributed by atoms with Gasteiger partial charge in [-0.05, 0) is 25.3 Å². The maximum Gasteiger partial charge on any atom is 0.268 e. The van der Waals surface area contributed by atoms with E-state index >= 15 is 0 Å². The Kier molecular flexibility index (Phi) is 5.06. The number of carbonyl (C=O) groups excluding carboxylic acids is 1. The van der Waals surface area contributed by atoms with Gasteiger partial charge in [-0.1, -0.05) is 26.2 Å². The summed E-state index contributed by atoms with van der Waals surface area (Å²) in [4.78, 5) is 12.4. The number of nitrogens with zero attached hydrogens (tertiary/aromatic N) is 1. The first-order valence-electron chi connectivity index (χ1n) is 7.56. The zero-order valence-electron chi connectivity index (χ0n) is 12.1. The van der Waals surface area contributed by atoms with Gasteiger partial charge >= 0.3 is 0 Å². The van der Waals surface area contributed by atoms with Gasteiger partial charge in [0.1, 0.15) is 5.69 Å². The summed E-state index contributed by atoms with van der Waals surface area (Å²) in [5, 5.41) is 13.0. The van der Waals surface area contributed by atoms with Gasteiger partial charge in [-0.2, -0.15) is 0 Å². The summed E-state index contributed by atoms with van der Waals surface area (Å²) in [5.41, 5.74) is 6.97. The lowest BCUT2D eigenvalue weighted by Gasteiger charge is -2.22. The Hall–Kier alpha value is -1.49. The maximum atomic E-state index is 12.4. The highest BCUT2D eigenvalue weighted by molar-refractivity contribution is 5.94. The molecule has 1 aliphatic rings. The molecule has 1 amide bonds. The standard InChI is InChI=1S/C15H25N3O2/c1-2-8-18-10-11(16)9-13(18)15(20)17-12-6-4-3-5-7-14(12)19/h9-10,12,14,19H,2-8,16H2,1H3,(H,17,20). The third kappa shape index (κ3) is 3.54. The van der Waals surface area contributed by atoms with Gasteiger partial charge < -0.3 is 20.7 Å². The highest BCUT2D eigenvalue weighted by atomic mass is 16.3. The van der Waals surface area contributed by atoms with Crippen molar-refractivity contribution in [2.24, 2.45) is 0 Å². The third-order valence-electron chi connectivity index (χ3n) is 3.91. The zero-order valence-corrected chi connectivity index (χ0v) is 12.1. The highest BCUT2D eigenvalue weighted by Crippen LogP contribution is 2.19. The predicted octanol–water partition coefficient (Wildman–Crippen LogP) is 1.90. The van der Waals surface area contributed by atoms with Gasteiger partial charge in [0, 0.05) is 12.7 Å². The number of aliphatic hydroxyl groups excluding tert-OH is 1. The van der Waals surface area contributed by atoms with Crippen molar-refractivity contribution >= 4 is 11.6 Å². The van der Waals surface area contributed by atoms with Crippen LogP contribution in [0.1, 0.15) is 55.9 Å². The molecule has 0 spiro atoms. The molecule has 0 aromatic carbocycles. The van der Waals surface area contributed by atoms with E-state index in [1.807, 2.05) is 4.57 Å². The van der Waals surface area contributed by atoms with Gasteiger partial charge in [0.25, 0.3) is 5.91 Å². The van der Waals surface area contributed by atoms with Crippen molar-refractivity contribution in [3.05, 3.63) is 18.0 Å². The number of aryl methyl sites for hydroxylation is 1. The molecule has 112 valence electrons. The van der Waals surface area contributed by atoms with Crippen LogP contribution in [-0.4, -0.2) is 27.7 Å². The van der Waals surface area contributed by atoms with Crippen LogP contribution in [0.15, 0.2) is 12.3 Å². The van der Waals surface area contributed by atoms with Crippen LogP contribution >= 0.6 is 0 Å². The van der Waals surface area contributed by atoms with Gasteiger partial charge in [0.15, 0.2) is 0 Å². The number of amides is 1. The van der Waals surface area contributed by atoms with E-state index in [-0.39, 0.29) is 11.9 Å². The summed E-state index contributed by atoms with van der Waals surface area (Å²) in [6.45, 7) is 2.83. The van der Waals surface area contributed by atoms with Crippen molar-refractivity contribution in [2.75, 3.05) is 5.73 Å². The van der Waals surface area contributed by atoms with E-state index in [0.29, 0.717) is 11.4 Å². The molecule has 5 heteroatoms. The molecular formula is C15H25N3O2. The quantitative estimate of drug-likeness (QED) is 0.736. The molecule has 1 aliphatic carbocycles. The van der Waals surface area contributed by atoms with Crippen LogP contribution in [0, 0.1) is 0 Å². The summed E-state index contributed by atoms with van der Waals surface area (Å²) < 4.78 is 1.88. The Bertz CT molecular complexity index is 456. The molecule has 1 heterocycles. The SMILES string of the molecule is CCCn1cc(N)cc1C(=O)NC1CCCCCC1O. The minimum atomic E-state index is -0.437. The molecule has 1 fully saturated rings. The minimum Gasteiger partial charge on any atom is -0.397 e. The van der Waals surface area contributed by atoms with Crippen LogP contribution in [0.5, 0.6) is 0 Å². The topological polar surface area (TPSA) is 80.3 Å². The molecule has 2 atom stereocenters. The monoisotopic (exact) mass is 279 g/mol. The first-order chi connectivity index (χ1) is 9.61. The fourth-order valence-corrected chi connectivity index (χ4v) is 2.85. The van der Waals surface area contributed by atoms with Crippen LogP contribution in [0.3, 0.4) is 0 Å². The summed E-state index contributed by atoms with van der Waals surface area (Å²) in [6, 6.07) is 1.56. The van der Waals surface area contributed by atoms with Crippen molar-refractivity contribution in [1.82, 2.24) is 9.88 Å². The summed E-state index contributed by atoms with van der Waals surface area (Å²) >= 11 is 0. The summed E-state index contributed by atoms with van der Waals surface area (Å²) in [5.74, 6) is -0.138. The smallest absolute Gasteiger partial charge is 0.268 e. The number of aliphatic hydroxyl groups is 1. The second kappa shape index (κ2) is 6.79. The van der Waals surface area contributed by atoms with E-state index in [1.165, 1.54) is 0 Å². The minimum absolute atomic E-state index is 0.138. The van der Waals surface area contributed by atoms with Gasteiger partial charge in [0.05, 0.1) is 17.8 Å². The van der Waals surface area contributed by atoms with E-state index < -0.39 is 6.10 Å². The van der Waals surface area contributed by atoms with Gasteiger partial charge in [-0.15, -0.1) is 0 Å². The second-order valence-corrected chi connectivity index (χ2v) is 5.64. The summed E-state index contributed by atoms with van der Waals surface area (Å²) in [6.07, 6.45) is 7.13. The van der Waals surface area contributed by atoms with Crippen molar-refractivity contribution in [1.29, 1.82) is 0 Å². The molecule has 0 radical (unpaired) electrons. The Morgan fingerprint density at radius 2 is 2.20 bits per heavy atom. The van der Waals surface area contributed by atoms with E-state index in [9.17, 15) is 9.90 Å². The molecule has 2 rings (SSSR count). The lowest BCUT2D eigenvalue weighted by atomic mass is 10.1. The first-order valence-corrected chi connectivity index (χ1v) is 7.56. The Morgan fingerprint density at radius 1 is 1.45 bits per heavy atom. The third-order valence-corrected chi connectivity index (χ3v) is 3.91. The van der Waals surface area contributed by atoms with Crippen LogP contribution in [0.4, 0.5) is 5.69 Å². The molecule has 5 nitrogen and oxygen atoms in total. The van der Waals surface area contributed by atoms with Crippen LogP contribution in [0.25, 0.3) is 0 Å². The van der Waals surface area contributed by atoms with E-state index in [0.717, 1.165) is 45.1 Å². The van der Waals surface area contributed by atoms with Gasteiger partial charge in [-0.3, -0.25) is 4.79 Å². The lowest BCUT2D eigenvalue weighted by Crippen LogP contribution is -2.43. The number of nitrogens with two attached hydrogens (primary N) is 1. The Morgan fingerprint density at radius 3 is 2.95 bits per heavy atom. The molecule has 1 aromatic heterocycles. The molecule has 1 saturated carbocycles. The number of nitrogens with one attached hydrogen (secondary N) is 1. The van der Waals surface area contributed by atoms with Crippen LogP contribution < -0.4 is 11.1 Å². The molecule has 4 N–H and O–H groups in total. The summed E-state index contributed by atoms with van der Waals surface area (Å²) in [7, 11) is 0. The fourth-order valence-electron chi connectivity index (χ4n) is 2.85. The molecule has 0 aliphatic heterocycles. The largest absolute Gasteiger partial charge is 0.397 e. The number of carbonyl (C=O) groups is 1. The van der Waals surface area contributed by atoms with Crippen molar-refractivity contribution in [3.63, 3.8) is 0 Å². The molecule has 2 unspecified atom stereocenters. The number of anilines is 1. The number of nitrogen functional groups attached to an aromatic ring is 1. The zero-order chi connectivity index (χ0) is 14.5. The maximum absolute atomic E-state index is 12.4. The van der Waals surface area contributed by atoms with E-state index in [4.69, 9.17) is 5.73 Å². The number of hydrogen-bond acceptors (Lipinski definition) is 3. The Labute approximate surface area is 120 Å². The van der Waals surface area contributed by atoms with Crippen molar-refractivity contribution < 1.29 is 9.90 Å². The molecule has 0 bridgehead atoms. The average Bonchev–Trinajstić information content (AvgIpc) is 2.66. The van der Waals surface area contributed by atoms with Gasteiger partial charge in [0.2, 0.25) is 0 Å². The molecule has 20 heavy (non-hydrogen) atoms. The second-order valence-electron chi connectivity index (χ2n) is 5.64. The number of aromatic nitrogens is 1. The average molecular weight is 279 g/mol. The first kappa shape index (κ1) is 14.9. The fraction of sp³-hybridized carbons (Fsp3) is 0.667. The molecular weight excluding hydrogens is 254 g/mol. The van der Waals surface area contributed by atoms with Gasteiger partial charge in [-0.25, -0.2) is 0 Å². The van der Waals surface area contributed by atoms with Crippen molar-refractivity contribution in [2.45, 2.75) is 64.1 Å². The van der Waals surface area contributed by atoms with Crippen LogP contribution in [-0.2, 0) is 6.54 Å². The molecule has 0 saturated heterocycles. The van der Waals surface area contributed by atoms with E-state index in [2.05, 4.69) is 12.2 Å². The van der Waals surface area contributed by atoms with Crippen molar-refractivity contribution in [3.8, 4) is 0 Å². The predicted molar refractivity (Wildman–Crippen MR) is 79.5 cm³/mol. The lowest BCUT2D eigenvalue weighted by molar-refractivity contribution is 0.0810. The highest BCUT2D eigenvalue weighted by Gasteiger charge is 2.24. The van der Waals surface area contributed by atoms with Crippen LogP contribution in [0.2, 0.25) is 0 Å². The normalized spacial score (nSPS) is 23.3. The van der Waals surface area contributed by atoms with E-state index in [1.54, 1.807) is 12.3 Å². The molecule has 1 aromatic rings. The number of hydrogen-bond donors (Lipinski definition) is 3. The Balaban J connectivity index is 2.07.